The zero-order valence-electron chi connectivity index (χ0n) is 36.1. The third kappa shape index (κ3) is 16.5. The minimum Gasteiger partial charge on any atom is -0.444 e. The highest BCUT2D eigenvalue weighted by molar-refractivity contribution is 7.99. The Morgan fingerprint density at radius 2 is 1.49 bits per heavy atom. The highest BCUT2D eigenvalue weighted by atomic mass is 32.2. The van der Waals surface area contributed by atoms with Crippen LogP contribution in [0.25, 0.3) is 0 Å². The Morgan fingerprint density at radius 1 is 0.831 bits per heavy atom. The van der Waals surface area contributed by atoms with Gasteiger partial charge in [0.1, 0.15) is 18.1 Å². The monoisotopic (exact) mass is 864 g/mol. The van der Waals surface area contributed by atoms with Crippen molar-refractivity contribution in [1.82, 2.24) is 30.8 Å². The first-order valence-corrected chi connectivity index (χ1v) is 23.4. The van der Waals surface area contributed by atoms with E-state index in [2.05, 4.69) is 67.5 Å². The number of urea groups is 1. The van der Waals surface area contributed by atoms with E-state index in [1.165, 1.54) is 11.3 Å². The van der Waals surface area contributed by atoms with Crippen molar-refractivity contribution in [3.05, 3.63) is 104 Å². The summed E-state index contributed by atoms with van der Waals surface area (Å²) in [7, 11) is 1.71. The van der Waals surface area contributed by atoms with Crippen molar-refractivity contribution in [1.29, 1.82) is 0 Å². The van der Waals surface area contributed by atoms with Crippen molar-refractivity contribution in [2.24, 2.45) is 17.8 Å². The fourth-order valence-corrected chi connectivity index (χ4v) is 8.88. The van der Waals surface area contributed by atoms with Gasteiger partial charge < -0.3 is 30.3 Å². The van der Waals surface area contributed by atoms with E-state index in [0.717, 1.165) is 32.5 Å². The Bertz CT molecular complexity index is 1820. The summed E-state index contributed by atoms with van der Waals surface area (Å²) in [4.78, 5) is 52.8. The predicted octanol–water partition coefficient (Wildman–Crippen LogP) is 9.30. The molecule has 0 saturated heterocycles. The van der Waals surface area contributed by atoms with Crippen LogP contribution in [0.1, 0.15) is 94.4 Å². The Balaban J connectivity index is 1.64. The van der Waals surface area contributed by atoms with Crippen molar-refractivity contribution in [2.75, 3.05) is 12.8 Å². The van der Waals surface area contributed by atoms with Crippen LogP contribution in [0.2, 0.25) is 0 Å². The van der Waals surface area contributed by atoms with Crippen LogP contribution in [0, 0.1) is 17.8 Å². The average molecular weight is 865 g/mol. The van der Waals surface area contributed by atoms with Gasteiger partial charge in [-0.05, 0) is 53.9 Å². The number of thioether (sulfide) groups is 1. The number of nitrogens with one attached hydrogen (secondary N) is 3. The number of amides is 4. The summed E-state index contributed by atoms with van der Waals surface area (Å²) in [6.07, 6.45) is 1.94. The molecule has 5 atom stereocenters. The molecule has 0 saturated carbocycles. The summed E-state index contributed by atoms with van der Waals surface area (Å²) in [5.41, 5.74) is 4.40. The first-order valence-electron chi connectivity index (χ1n) is 20.6. The number of benzene rings is 2. The Labute approximate surface area is 363 Å². The summed E-state index contributed by atoms with van der Waals surface area (Å²) in [6.45, 7) is 17.1. The van der Waals surface area contributed by atoms with Gasteiger partial charge in [0.15, 0.2) is 0 Å². The molecule has 3 N–H and O–H groups in total. The van der Waals surface area contributed by atoms with Gasteiger partial charge in [-0.15, -0.1) is 34.4 Å². The molecule has 0 aliphatic rings. The number of carbonyl (C=O) groups excluding carboxylic acids is 3. The lowest BCUT2D eigenvalue weighted by atomic mass is 9.92. The molecule has 4 amide bonds. The molecular weight excluding hydrogens is 801 g/mol. The number of carbonyl (C=O) groups is 3. The molecule has 0 fully saturated rings. The summed E-state index contributed by atoms with van der Waals surface area (Å²) in [6, 6.07) is 17.9. The fourth-order valence-electron chi connectivity index (χ4n) is 6.37. The van der Waals surface area contributed by atoms with Crippen LogP contribution in [0.4, 0.5) is 9.59 Å². The molecule has 4 aromatic rings. The maximum absolute atomic E-state index is 14.4. The third-order valence-electron chi connectivity index (χ3n) is 9.55. The van der Waals surface area contributed by atoms with Crippen LogP contribution in [-0.4, -0.2) is 75.4 Å². The second-order valence-electron chi connectivity index (χ2n) is 16.5. The number of aromatic nitrogens is 2. The number of hydrogen-bond acceptors (Lipinski definition) is 10. The predicted molar refractivity (Wildman–Crippen MR) is 242 cm³/mol. The van der Waals surface area contributed by atoms with Gasteiger partial charge in [0.25, 0.3) is 0 Å². The highest BCUT2D eigenvalue weighted by Gasteiger charge is 2.34. The molecule has 2 heterocycles. The lowest BCUT2D eigenvalue weighted by molar-refractivity contribution is -0.125. The van der Waals surface area contributed by atoms with Gasteiger partial charge in [0, 0.05) is 30.6 Å². The number of ether oxygens (including phenoxy) is 2. The average Bonchev–Trinajstić information content (AvgIpc) is 3.90. The lowest BCUT2D eigenvalue weighted by Crippen LogP contribution is -2.56. The molecule has 1 unspecified atom stereocenters. The molecule has 2 aromatic carbocycles. The quantitative estimate of drug-likeness (QED) is 0.0629. The maximum Gasteiger partial charge on any atom is 0.407 e. The molecule has 11 nitrogen and oxygen atoms in total. The van der Waals surface area contributed by atoms with Crippen LogP contribution in [0.15, 0.2) is 77.8 Å². The molecule has 4 rings (SSSR count). The molecule has 59 heavy (non-hydrogen) atoms. The van der Waals surface area contributed by atoms with Gasteiger partial charge in [0.2, 0.25) is 5.91 Å². The standard InChI is InChI=1S/C45H64N6O5S3/c1-29(2)26-58-43(32(7)8)56-39(38(21-34-18-14-11-15-19-34)49-45(54)55-25-37-23-46-28-59-37)22-35(20-33-16-12-10-13-17-33)47-41(52)40(30(3)4)50-44(53)51(9)24-36-27-57-42(48-36)31(5)6/h10-19,23,27-32,35,38-40,43H,20-22,24-26H2,1-9H3,(H,47,52)(H,49,54)(H,50,53)/t35-,38-,39-,40-,43?/m0/s1. The number of alkyl carbamates (subject to hydrolysis) is 1. The second-order valence-corrected chi connectivity index (χ2v) is 19.5. The molecule has 322 valence electrons. The van der Waals surface area contributed by atoms with Gasteiger partial charge in [-0.3, -0.25) is 9.78 Å². The zero-order valence-corrected chi connectivity index (χ0v) is 38.5. The summed E-state index contributed by atoms with van der Waals surface area (Å²) < 4.78 is 12.8. The number of rotatable bonds is 23. The van der Waals surface area contributed by atoms with E-state index in [1.54, 1.807) is 46.8 Å². The topological polar surface area (TPSA) is 135 Å². The van der Waals surface area contributed by atoms with Crippen LogP contribution < -0.4 is 16.0 Å². The van der Waals surface area contributed by atoms with Gasteiger partial charge in [0.05, 0.1) is 39.8 Å². The summed E-state index contributed by atoms with van der Waals surface area (Å²) in [5.74, 6) is 1.33. The molecule has 14 heteroatoms. The number of nitrogens with zero attached hydrogens (tertiary/aromatic N) is 3. The maximum atomic E-state index is 14.4. The van der Waals surface area contributed by atoms with E-state index in [0.29, 0.717) is 37.6 Å². The van der Waals surface area contributed by atoms with E-state index in [4.69, 9.17) is 9.47 Å². The minimum absolute atomic E-state index is 0.103. The van der Waals surface area contributed by atoms with Crippen molar-refractivity contribution in [2.45, 2.75) is 123 Å². The highest BCUT2D eigenvalue weighted by Crippen LogP contribution is 2.28. The molecule has 0 spiro atoms. The van der Waals surface area contributed by atoms with Crippen molar-refractivity contribution in [3.63, 3.8) is 0 Å². The van der Waals surface area contributed by atoms with E-state index in [1.807, 2.05) is 79.9 Å². The van der Waals surface area contributed by atoms with E-state index < -0.39 is 30.3 Å². The van der Waals surface area contributed by atoms with Gasteiger partial charge in [-0.25, -0.2) is 14.6 Å². The smallest absolute Gasteiger partial charge is 0.407 e. The van der Waals surface area contributed by atoms with Crippen LogP contribution in [-0.2, 0) is 40.3 Å². The number of thiazole rings is 2. The Morgan fingerprint density at radius 3 is 2.05 bits per heavy atom. The van der Waals surface area contributed by atoms with Crippen LogP contribution in [0.3, 0.4) is 0 Å². The van der Waals surface area contributed by atoms with Crippen molar-refractivity contribution >= 4 is 52.5 Å². The SMILES string of the molecule is CC(C)CSC(O[C@@H](C[C@H](Cc1ccccc1)NC(=O)[C@@H](NC(=O)N(C)Cc1csc(C(C)C)n1)C(C)C)[C@H](Cc1ccccc1)NC(=O)OCc1cncs1)C(C)C. The molecular formula is C45H64N6O5S3. The largest absolute Gasteiger partial charge is 0.444 e. The number of hydrogen-bond donors (Lipinski definition) is 3. The zero-order chi connectivity index (χ0) is 42.9. The lowest BCUT2D eigenvalue weighted by Gasteiger charge is -2.36. The van der Waals surface area contributed by atoms with E-state index in [9.17, 15) is 14.4 Å². The van der Waals surface area contributed by atoms with Gasteiger partial charge in [-0.2, -0.15) is 0 Å². The van der Waals surface area contributed by atoms with E-state index >= 15 is 0 Å². The molecule has 2 aromatic heterocycles. The first kappa shape index (κ1) is 47.7. The fraction of sp³-hybridized carbons (Fsp3) is 0.533. The van der Waals surface area contributed by atoms with Crippen molar-refractivity contribution in [3.8, 4) is 0 Å². The van der Waals surface area contributed by atoms with Gasteiger partial charge in [-0.1, -0.05) is 116 Å². The summed E-state index contributed by atoms with van der Waals surface area (Å²) >= 11 is 4.78. The molecule has 0 aliphatic carbocycles. The minimum atomic E-state index is -0.811. The normalized spacial score (nSPS) is 14.2. The van der Waals surface area contributed by atoms with Crippen LogP contribution in [0.5, 0.6) is 0 Å². The first-order chi connectivity index (χ1) is 28.2. The molecule has 0 bridgehead atoms. The Kier molecular flexibility index (Phi) is 19.7. The van der Waals surface area contributed by atoms with Gasteiger partial charge >= 0.3 is 12.1 Å². The third-order valence-corrected chi connectivity index (χ3v) is 13.3. The van der Waals surface area contributed by atoms with Crippen LogP contribution >= 0.6 is 34.4 Å². The van der Waals surface area contributed by atoms with E-state index in [-0.39, 0.29) is 35.8 Å². The Hall–Kier alpha value is -3.98. The molecule has 0 radical (unpaired) electrons. The summed E-state index contributed by atoms with van der Waals surface area (Å²) in [5, 5.41) is 12.5. The second kappa shape index (κ2) is 24.3. The van der Waals surface area contributed by atoms with Crippen molar-refractivity contribution < 1.29 is 23.9 Å². The molecule has 0 aliphatic heterocycles.